The lowest BCUT2D eigenvalue weighted by atomic mass is 9.75. The van der Waals surface area contributed by atoms with E-state index in [1.54, 1.807) is 16.9 Å². The van der Waals surface area contributed by atoms with Gasteiger partial charge in [0.2, 0.25) is 5.91 Å². The van der Waals surface area contributed by atoms with Crippen LogP contribution in [0.3, 0.4) is 0 Å². The van der Waals surface area contributed by atoms with E-state index in [-0.39, 0.29) is 35.2 Å². The molecule has 3 atom stereocenters. The molecule has 10 nitrogen and oxygen atoms in total. The molecule has 1 unspecified atom stereocenters. The van der Waals surface area contributed by atoms with E-state index >= 15 is 8.78 Å². The monoisotopic (exact) mass is 647 g/mol. The molecule has 2 amide bonds. The van der Waals surface area contributed by atoms with Crippen LogP contribution in [0, 0.1) is 17.0 Å². The van der Waals surface area contributed by atoms with Crippen LogP contribution in [0.2, 0.25) is 0 Å². The third kappa shape index (κ3) is 5.42. The van der Waals surface area contributed by atoms with Crippen LogP contribution in [-0.2, 0) is 19.8 Å². The van der Waals surface area contributed by atoms with Crippen molar-refractivity contribution in [3.05, 3.63) is 82.4 Å². The number of ether oxygens (including phenoxy) is 3. The molecule has 244 valence electrons. The van der Waals surface area contributed by atoms with E-state index in [1.165, 1.54) is 33.1 Å². The largest absolute Gasteiger partial charge is 0.523 e. The Bertz CT molecular complexity index is 1800. The van der Waals surface area contributed by atoms with E-state index in [1.807, 2.05) is 0 Å². The number of primary amides is 1. The fourth-order valence-corrected chi connectivity index (χ4v) is 5.93. The predicted octanol–water partition coefficient (Wildman–Crippen LogP) is 4.47. The smallest absolute Gasteiger partial charge is 0.494 e. The molecule has 0 spiro atoms. The molecule has 46 heavy (non-hydrogen) atoms. The standard InChI is InChI=1S/C31H30F5N5O5/c1-29(28(37)43)14-45-26-18(29)11-21(39-30(26,2)24-19(32)5-4-6-20(24)33)23(46-31(34,35)36)12-38-27(42)15-9-16-13-41(17-7-8-17)40-25(16)22(10-15)44-3/h4-6,9-11,13,17,23,39H,7-8,12,14H2,1-3H3,(H2,37,43)(H,38,42)/t23-,29+,30?/m1/s1. The first kappa shape index (κ1) is 31.3. The van der Waals surface area contributed by atoms with Gasteiger partial charge in [0.1, 0.15) is 52.3 Å². The van der Waals surface area contributed by atoms with Gasteiger partial charge in [0.05, 0.1) is 25.3 Å². The zero-order valence-corrected chi connectivity index (χ0v) is 24.9. The predicted molar refractivity (Wildman–Crippen MR) is 153 cm³/mol. The molecule has 3 heterocycles. The van der Waals surface area contributed by atoms with Gasteiger partial charge in [-0.2, -0.15) is 5.10 Å². The van der Waals surface area contributed by atoms with Gasteiger partial charge in [-0.15, -0.1) is 13.2 Å². The molecule has 2 aromatic carbocycles. The number of carbonyl (C=O) groups is 2. The fourth-order valence-electron chi connectivity index (χ4n) is 5.93. The summed E-state index contributed by atoms with van der Waals surface area (Å²) in [6, 6.07) is 6.31. The van der Waals surface area contributed by atoms with E-state index < -0.39 is 59.0 Å². The molecule has 0 bridgehead atoms. The van der Waals surface area contributed by atoms with Crippen LogP contribution in [0.15, 0.2) is 59.6 Å². The third-order valence-electron chi connectivity index (χ3n) is 8.56. The zero-order valence-electron chi connectivity index (χ0n) is 24.9. The number of fused-ring (bicyclic) bond motifs is 1. The summed E-state index contributed by atoms with van der Waals surface area (Å²) < 4.78 is 89.2. The normalized spacial score (nSPS) is 23.3. The van der Waals surface area contributed by atoms with Gasteiger partial charge < -0.3 is 25.8 Å². The number of halogens is 5. The highest BCUT2D eigenvalue weighted by atomic mass is 19.4. The maximum Gasteiger partial charge on any atom is 0.523 e. The maximum absolute atomic E-state index is 15.2. The number of carbonyl (C=O) groups excluding carboxylic acids is 2. The molecule has 1 fully saturated rings. The summed E-state index contributed by atoms with van der Waals surface area (Å²) in [6.45, 7) is 1.64. The van der Waals surface area contributed by atoms with Crippen molar-refractivity contribution in [2.45, 2.75) is 50.7 Å². The lowest BCUT2D eigenvalue weighted by molar-refractivity contribution is -0.337. The summed E-state index contributed by atoms with van der Waals surface area (Å²) in [4.78, 5) is 25.9. The highest BCUT2D eigenvalue weighted by Gasteiger charge is 2.53. The molecule has 1 saturated carbocycles. The number of hydrogen-bond acceptors (Lipinski definition) is 7. The minimum Gasteiger partial charge on any atom is -0.494 e. The molecule has 3 aromatic rings. The number of benzene rings is 2. The number of hydrogen-bond donors (Lipinski definition) is 3. The van der Waals surface area contributed by atoms with Crippen molar-refractivity contribution < 1.29 is 45.8 Å². The first-order valence-corrected chi connectivity index (χ1v) is 14.4. The van der Waals surface area contributed by atoms with E-state index in [4.69, 9.17) is 15.2 Å². The number of nitrogens with one attached hydrogen (secondary N) is 2. The summed E-state index contributed by atoms with van der Waals surface area (Å²) in [7, 11) is 1.41. The second kappa shape index (κ2) is 11.0. The minimum atomic E-state index is -5.20. The Morgan fingerprint density at radius 2 is 1.91 bits per heavy atom. The number of alkyl halides is 3. The van der Waals surface area contributed by atoms with Crippen LogP contribution < -0.4 is 21.1 Å². The molecule has 2 aliphatic heterocycles. The topological polar surface area (TPSA) is 130 Å². The Kier molecular flexibility index (Phi) is 7.49. The van der Waals surface area contributed by atoms with Crippen LogP contribution in [0.5, 0.6) is 5.75 Å². The van der Waals surface area contributed by atoms with E-state index in [0.717, 1.165) is 31.0 Å². The summed E-state index contributed by atoms with van der Waals surface area (Å²) in [6.07, 6.45) is -2.28. The Hall–Kier alpha value is -4.66. The summed E-state index contributed by atoms with van der Waals surface area (Å²) >= 11 is 0. The van der Waals surface area contributed by atoms with Crippen molar-refractivity contribution in [3.8, 4) is 5.75 Å². The molecular formula is C31H30F5N5O5. The van der Waals surface area contributed by atoms with Crippen LogP contribution in [-0.4, -0.2) is 54.3 Å². The fraction of sp³-hybridized carbons (Fsp3) is 0.387. The Balaban J connectivity index is 1.36. The average Bonchev–Trinajstić information content (AvgIpc) is 3.64. The lowest BCUT2D eigenvalue weighted by Crippen LogP contribution is -2.51. The van der Waals surface area contributed by atoms with Crippen molar-refractivity contribution in [1.82, 2.24) is 20.4 Å². The molecule has 0 radical (unpaired) electrons. The van der Waals surface area contributed by atoms with Crippen LogP contribution in [0.25, 0.3) is 10.9 Å². The van der Waals surface area contributed by atoms with Crippen LogP contribution >= 0.6 is 0 Å². The van der Waals surface area contributed by atoms with Gasteiger partial charge >= 0.3 is 6.36 Å². The molecule has 3 aliphatic rings. The third-order valence-corrected chi connectivity index (χ3v) is 8.56. The minimum absolute atomic E-state index is 0.0175. The van der Waals surface area contributed by atoms with Crippen molar-refractivity contribution in [1.29, 1.82) is 0 Å². The molecule has 15 heteroatoms. The number of rotatable bonds is 9. The highest BCUT2D eigenvalue weighted by Crippen LogP contribution is 2.49. The number of allylic oxidation sites excluding steroid dienone is 1. The van der Waals surface area contributed by atoms with Crippen LogP contribution in [0.4, 0.5) is 22.0 Å². The molecule has 1 aromatic heterocycles. The summed E-state index contributed by atoms with van der Waals surface area (Å²) in [5.74, 6) is -3.45. The van der Waals surface area contributed by atoms with E-state index in [0.29, 0.717) is 16.7 Å². The van der Waals surface area contributed by atoms with E-state index in [2.05, 4.69) is 20.5 Å². The zero-order chi connectivity index (χ0) is 33.2. The second-order valence-electron chi connectivity index (χ2n) is 11.9. The number of amides is 2. The maximum atomic E-state index is 15.2. The summed E-state index contributed by atoms with van der Waals surface area (Å²) in [5.41, 5.74) is 1.89. The molecule has 0 saturated heterocycles. The molecule has 6 rings (SSSR count). The van der Waals surface area contributed by atoms with Gasteiger partial charge in [-0.1, -0.05) is 6.07 Å². The number of dihydropyridines is 1. The molecular weight excluding hydrogens is 617 g/mol. The van der Waals surface area contributed by atoms with Crippen molar-refractivity contribution in [3.63, 3.8) is 0 Å². The Labute approximate surface area is 259 Å². The van der Waals surface area contributed by atoms with E-state index in [9.17, 15) is 22.8 Å². The van der Waals surface area contributed by atoms with Gasteiger partial charge in [0.25, 0.3) is 5.91 Å². The number of nitrogens with two attached hydrogens (primary N) is 1. The van der Waals surface area contributed by atoms with Gasteiger partial charge in [0, 0.05) is 28.4 Å². The SMILES string of the molecule is COc1cc(C(=O)NC[C@@H](OC(F)(F)F)C2=CC3=C(OC[C@]3(C)C(N)=O)C(C)(c3c(F)cccc3F)N2)cc2cn(C3CC3)nc12. The highest BCUT2D eigenvalue weighted by molar-refractivity contribution is 6.00. The van der Waals surface area contributed by atoms with Crippen molar-refractivity contribution >= 4 is 22.7 Å². The van der Waals surface area contributed by atoms with Crippen LogP contribution in [0.1, 0.15) is 48.7 Å². The van der Waals surface area contributed by atoms with Gasteiger partial charge in [-0.3, -0.25) is 19.0 Å². The molecule has 1 aliphatic carbocycles. The van der Waals surface area contributed by atoms with Crippen molar-refractivity contribution in [2.75, 3.05) is 20.3 Å². The first-order valence-electron chi connectivity index (χ1n) is 14.4. The lowest BCUT2D eigenvalue weighted by Gasteiger charge is -2.40. The second-order valence-corrected chi connectivity index (χ2v) is 11.9. The average molecular weight is 648 g/mol. The Morgan fingerprint density at radius 1 is 1.22 bits per heavy atom. The Morgan fingerprint density at radius 3 is 2.52 bits per heavy atom. The quantitative estimate of drug-likeness (QED) is 0.293. The molecule has 4 N–H and O–H groups in total. The number of nitrogens with zero attached hydrogens (tertiary/aromatic N) is 2. The van der Waals surface area contributed by atoms with Crippen molar-refractivity contribution in [2.24, 2.45) is 11.1 Å². The number of aromatic nitrogens is 2. The van der Waals surface area contributed by atoms with Gasteiger partial charge in [-0.05, 0) is 57.0 Å². The number of methoxy groups -OCH3 is 1. The summed E-state index contributed by atoms with van der Waals surface area (Å²) in [5, 5.41) is 10.3. The van der Waals surface area contributed by atoms with Gasteiger partial charge in [-0.25, -0.2) is 8.78 Å². The van der Waals surface area contributed by atoms with Gasteiger partial charge in [0.15, 0.2) is 0 Å². The first-order chi connectivity index (χ1) is 21.6.